The SMILES string of the molecule is CNC(=O)c1cc(CCl)ccn1.[C-]#[N+]c1c(N)[nH]c(=S)c(C#N)c1-c1ccc(OCCO)nc1.[C-]#[N+]c1c(N)nc(SCc2ccnc(C(=O)NC)c2)c(C#N)c1-c1ccc(OCCO)nc1. The minimum atomic E-state index is -0.301. The first kappa shape index (κ1) is 51.4. The number of alkyl halides is 1. The van der Waals surface area contributed by atoms with E-state index in [4.69, 9.17) is 68.1 Å². The third kappa shape index (κ3) is 13.6. The molecule has 0 fully saturated rings. The number of H-pyrrole nitrogens is 1. The molecule has 6 heterocycles. The summed E-state index contributed by atoms with van der Waals surface area (Å²) in [4.78, 5) is 52.9. The van der Waals surface area contributed by atoms with Crippen molar-refractivity contribution < 1.29 is 29.3 Å². The number of thioether (sulfide) groups is 1. The number of hydrogen-bond acceptors (Lipinski definition) is 17. The zero-order valence-electron chi connectivity index (χ0n) is 35.6. The van der Waals surface area contributed by atoms with Gasteiger partial charge in [0.25, 0.3) is 11.8 Å². The summed E-state index contributed by atoms with van der Waals surface area (Å²) in [5.74, 6) is 1.04. The standard InChI is InChI=1S/C22H19N7O3S.C14H11N5O2S.C8H9ClN2O/c1-25-19-18(14-3-4-17(28-11-14)32-8-7-30)15(10-23)22(29-20(19)24)33-12-13-5-6-27-16(9-13)21(31)26-2;1-17-12-11(9(6-15)14(22)19-13(12)16)8-2-3-10(18-7-8)21-5-4-20;1-10-8(12)7-4-6(5-9)2-3-11-7/h3-6,9,11,30H,7-8,12H2,2H3,(H2,24,29)(H,26,31);2-3,7,20H,4-5H2,(H3,16,19,22);2-4H,5H2,1H3,(H,10,12). The molecule has 6 aromatic heterocycles. The Morgan fingerprint density at radius 3 is 1.78 bits per heavy atom. The molecule has 0 aliphatic heterocycles. The van der Waals surface area contributed by atoms with E-state index in [9.17, 15) is 20.1 Å². The van der Waals surface area contributed by atoms with Gasteiger partial charge in [0.05, 0.1) is 37.5 Å². The average Bonchev–Trinajstić information content (AvgIpc) is 3.36. The number of halogens is 1. The predicted molar refractivity (Wildman–Crippen MR) is 253 cm³/mol. The number of ether oxygens (including phenoxy) is 2. The number of pyridine rings is 6. The van der Waals surface area contributed by atoms with Crippen LogP contribution in [0.5, 0.6) is 11.8 Å². The van der Waals surface area contributed by atoms with Crippen molar-refractivity contribution in [2.75, 3.05) is 52.0 Å². The monoisotopic (exact) mass is 958 g/mol. The molecule has 67 heavy (non-hydrogen) atoms. The number of carbonyl (C=O) groups excluding carboxylic acids is 2. The fourth-order valence-electron chi connectivity index (χ4n) is 5.59. The number of aliphatic hydroxyl groups is 2. The Balaban J connectivity index is 0.000000246. The van der Waals surface area contributed by atoms with Gasteiger partial charge in [0.15, 0.2) is 0 Å². The molecule has 0 unspecified atom stereocenters. The molecule has 23 heteroatoms. The Hall–Kier alpha value is -8.22. The highest BCUT2D eigenvalue weighted by Gasteiger charge is 2.22. The number of rotatable bonds is 14. The second kappa shape index (κ2) is 25.9. The molecule has 0 bridgehead atoms. The maximum absolute atomic E-state index is 11.8. The first-order chi connectivity index (χ1) is 32.4. The van der Waals surface area contributed by atoms with Gasteiger partial charge in [-0.25, -0.2) is 24.6 Å². The van der Waals surface area contributed by atoms with Crippen molar-refractivity contribution in [1.82, 2.24) is 40.5 Å². The highest BCUT2D eigenvalue weighted by molar-refractivity contribution is 7.98. The topological polar surface area (TPSA) is 306 Å². The van der Waals surface area contributed by atoms with E-state index < -0.39 is 0 Å². The zero-order chi connectivity index (χ0) is 48.9. The van der Waals surface area contributed by atoms with Crippen LogP contribution in [-0.2, 0) is 11.6 Å². The smallest absolute Gasteiger partial charge is 0.269 e. The van der Waals surface area contributed by atoms with E-state index in [2.05, 4.69) is 56.3 Å². The molecule has 9 N–H and O–H groups in total. The summed E-state index contributed by atoms with van der Waals surface area (Å²) in [7, 11) is 3.09. The van der Waals surface area contributed by atoms with Gasteiger partial charge in [-0.3, -0.25) is 19.6 Å². The Bertz CT molecular complexity index is 2950. The molecule has 0 aliphatic rings. The van der Waals surface area contributed by atoms with Crippen LogP contribution >= 0.6 is 35.6 Å². The molecule has 0 radical (unpaired) electrons. The number of hydrogen-bond donors (Lipinski definition) is 7. The number of nitrogen functional groups attached to an aromatic ring is 2. The quantitative estimate of drug-likeness (QED) is 0.0288. The minimum Gasteiger partial charge on any atom is -0.475 e. The van der Waals surface area contributed by atoms with Gasteiger partial charge in [-0.1, -0.05) is 12.2 Å². The van der Waals surface area contributed by atoms with Crippen molar-refractivity contribution in [2.24, 2.45) is 0 Å². The Morgan fingerprint density at radius 2 is 1.33 bits per heavy atom. The molecular formula is C44H39ClN14O6S2. The lowest BCUT2D eigenvalue weighted by Gasteiger charge is -2.13. The Kier molecular flexibility index (Phi) is 19.9. The number of aromatic nitrogens is 6. The van der Waals surface area contributed by atoms with Crippen molar-refractivity contribution in [3.05, 3.63) is 134 Å². The normalized spacial score (nSPS) is 9.93. The maximum Gasteiger partial charge on any atom is 0.269 e. The van der Waals surface area contributed by atoms with E-state index >= 15 is 0 Å². The van der Waals surface area contributed by atoms with E-state index in [1.807, 2.05) is 6.07 Å². The molecular weight excluding hydrogens is 920 g/mol. The van der Waals surface area contributed by atoms with E-state index in [1.54, 1.807) is 61.8 Å². The minimum absolute atomic E-state index is 0.00267. The number of nitrogens with zero attached hydrogens (tertiary/aromatic N) is 9. The van der Waals surface area contributed by atoms with E-state index in [-0.39, 0.29) is 82.7 Å². The average molecular weight is 959 g/mol. The lowest BCUT2D eigenvalue weighted by atomic mass is 10.0. The fraction of sp³-hybridized carbons (Fsp3) is 0.182. The molecule has 0 atom stereocenters. The van der Waals surface area contributed by atoms with Gasteiger partial charge in [-0.05, 0) is 58.7 Å². The summed E-state index contributed by atoms with van der Waals surface area (Å²) in [5, 5.41) is 42.1. The first-order valence-electron chi connectivity index (χ1n) is 19.3. The highest BCUT2D eigenvalue weighted by Crippen LogP contribution is 2.42. The molecule has 6 rings (SSSR count). The van der Waals surface area contributed by atoms with Gasteiger partial charge in [0.1, 0.15) is 58.0 Å². The molecule has 6 aromatic rings. The summed E-state index contributed by atoms with van der Waals surface area (Å²) in [5.41, 5.74) is 16.5. The summed E-state index contributed by atoms with van der Waals surface area (Å²) >= 11 is 11.9. The van der Waals surface area contributed by atoms with Crippen LogP contribution in [0, 0.1) is 40.4 Å². The van der Waals surface area contributed by atoms with Gasteiger partial charge < -0.3 is 46.8 Å². The van der Waals surface area contributed by atoms with Crippen molar-refractivity contribution in [3.8, 4) is 46.2 Å². The van der Waals surface area contributed by atoms with Crippen LogP contribution in [0.3, 0.4) is 0 Å². The molecule has 0 aromatic carbocycles. The summed E-state index contributed by atoms with van der Waals surface area (Å²) in [6.07, 6.45) is 6.05. The second-order valence-electron chi connectivity index (χ2n) is 12.9. The number of nitrogens with two attached hydrogens (primary N) is 2. The van der Waals surface area contributed by atoms with Gasteiger partial charge in [0, 0.05) is 73.8 Å². The van der Waals surface area contributed by atoms with Crippen molar-refractivity contribution in [3.63, 3.8) is 0 Å². The molecule has 0 saturated heterocycles. The fourth-order valence-corrected chi connectivity index (χ4v) is 6.96. The van der Waals surface area contributed by atoms with Crippen molar-refractivity contribution in [1.29, 1.82) is 10.5 Å². The Morgan fingerprint density at radius 1 is 0.821 bits per heavy atom. The number of amides is 2. The van der Waals surface area contributed by atoms with Crippen LogP contribution in [0.1, 0.15) is 43.2 Å². The van der Waals surface area contributed by atoms with Crippen LogP contribution in [-0.4, -0.2) is 92.5 Å². The second-order valence-corrected chi connectivity index (χ2v) is 14.5. The summed E-state index contributed by atoms with van der Waals surface area (Å²) in [6.45, 7) is 14.8. The lowest BCUT2D eigenvalue weighted by molar-refractivity contribution is 0.0950. The van der Waals surface area contributed by atoms with Crippen LogP contribution in [0.4, 0.5) is 23.0 Å². The first-order valence-corrected chi connectivity index (χ1v) is 21.2. The van der Waals surface area contributed by atoms with Crippen LogP contribution in [0.25, 0.3) is 31.9 Å². The van der Waals surface area contributed by atoms with E-state index in [0.29, 0.717) is 56.4 Å². The third-order valence-corrected chi connectivity index (χ3v) is 10.3. The number of anilines is 2. The molecule has 0 spiro atoms. The molecule has 2 amide bonds. The van der Waals surface area contributed by atoms with Crippen LogP contribution in [0.15, 0.2) is 78.3 Å². The number of nitrogens with one attached hydrogen (secondary N) is 3. The zero-order valence-corrected chi connectivity index (χ0v) is 38.0. The highest BCUT2D eigenvalue weighted by atomic mass is 35.5. The summed E-state index contributed by atoms with van der Waals surface area (Å²) in [6, 6.07) is 17.5. The van der Waals surface area contributed by atoms with Gasteiger partial charge >= 0.3 is 0 Å². The molecule has 0 saturated carbocycles. The third-order valence-electron chi connectivity index (χ3n) is 8.66. The predicted octanol–water partition coefficient (Wildman–Crippen LogP) is 5.93. The number of aliphatic hydroxyl groups excluding tert-OH is 2. The van der Waals surface area contributed by atoms with Gasteiger partial charge in [-0.2, -0.15) is 10.5 Å². The van der Waals surface area contributed by atoms with Crippen LogP contribution in [0.2, 0.25) is 0 Å². The maximum atomic E-state index is 11.8. The van der Waals surface area contributed by atoms with Crippen molar-refractivity contribution >= 4 is 70.4 Å². The van der Waals surface area contributed by atoms with Gasteiger partial charge in [0.2, 0.25) is 23.1 Å². The number of aromatic amines is 1. The number of nitriles is 2. The van der Waals surface area contributed by atoms with Crippen LogP contribution < -0.4 is 31.6 Å². The van der Waals surface area contributed by atoms with Gasteiger partial charge in [-0.15, -0.1) is 23.4 Å². The molecule has 20 nitrogen and oxygen atoms in total. The lowest BCUT2D eigenvalue weighted by Crippen LogP contribution is -2.19. The molecule has 0 aliphatic carbocycles. The largest absolute Gasteiger partial charge is 0.475 e. The molecule has 340 valence electrons. The number of carbonyl (C=O) groups is 2. The summed E-state index contributed by atoms with van der Waals surface area (Å²) < 4.78 is 10.6. The van der Waals surface area contributed by atoms with E-state index in [0.717, 1.165) is 11.1 Å². The Labute approximate surface area is 398 Å². The van der Waals surface area contributed by atoms with E-state index in [1.165, 1.54) is 37.4 Å². The van der Waals surface area contributed by atoms with Crippen molar-refractivity contribution in [2.45, 2.75) is 16.7 Å².